The summed E-state index contributed by atoms with van der Waals surface area (Å²) in [4.78, 5) is 0.221. The van der Waals surface area contributed by atoms with Crippen LogP contribution in [0.15, 0.2) is 53.4 Å². The number of benzene rings is 2. The molecule has 0 heterocycles. The van der Waals surface area contributed by atoms with Gasteiger partial charge < -0.3 is 5.11 Å². The molecular weight excluding hydrogens is 394 g/mol. The number of aryl methyl sites for hydroxylation is 1. The molecule has 2 saturated carbocycles. The maximum atomic E-state index is 11.8. The monoisotopic (exact) mass is 425 g/mol. The fraction of sp³-hybridized carbons (Fsp3) is 0.520. The zero-order valence-corrected chi connectivity index (χ0v) is 18.4. The SMILES string of the molecule is C[C@]12CCC3c4ccc(S(N)(=O)=O)cc4CCC3C1CC[C@@]2(O)Cc1ccccc1. The standard InChI is InChI=1S/C25H31NO3S/c1-24-13-11-21-20-10-8-19(30(26,28)29)15-18(20)7-9-22(21)23(24)12-14-25(24,27)16-17-5-3-2-4-6-17/h2-6,8,10,15,21-23,27H,7,9,11-14,16H2,1H3,(H2,26,28,29)/t21?,22?,23?,24-,25+/m0/s1. The topological polar surface area (TPSA) is 80.4 Å². The normalized spacial score (nSPS) is 35.4. The lowest BCUT2D eigenvalue weighted by Crippen LogP contribution is -2.51. The van der Waals surface area contributed by atoms with Crippen LogP contribution in [-0.2, 0) is 22.9 Å². The molecule has 0 bridgehead atoms. The van der Waals surface area contributed by atoms with Crippen molar-refractivity contribution < 1.29 is 13.5 Å². The number of rotatable bonds is 3. The Morgan fingerprint density at radius 1 is 1.07 bits per heavy atom. The zero-order valence-electron chi connectivity index (χ0n) is 17.5. The van der Waals surface area contributed by atoms with Crippen LogP contribution in [0.4, 0.5) is 0 Å². The van der Waals surface area contributed by atoms with Gasteiger partial charge in [-0.1, -0.05) is 43.3 Å². The first-order chi connectivity index (χ1) is 14.2. The molecule has 5 rings (SSSR count). The van der Waals surface area contributed by atoms with Crippen molar-refractivity contribution in [3.63, 3.8) is 0 Å². The minimum absolute atomic E-state index is 0.0674. The molecule has 4 nitrogen and oxygen atoms in total. The highest BCUT2D eigenvalue weighted by Crippen LogP contribution is 2.64. The number of hydrogen-bond acceptors (Lipinski definition) is 3. The summed E-state index contributed by atoms with van der Waals surface area (Å²) >= 11 is 0. The van der Waals surface area contributed by atoms with Gasteiger partial charge in [0.1, 0.15) is 0 Å². The Morgan fingerprint density at radius 3 is 2.57 bits per heavy atom. The quantitative estimate of drug-likeness (QED) is 0.775. The molecule has 2 aromatic carbocycles. The fourth-order valence-corrected chi connectivity index (χ4v) is 7.63. The summed E-state index contributed by atoms with van der Waals surface area (Å²) in [5, 5.41) is 17.2. The molecule has 0 aliphatic heterocycles. The molecule has 2 fully saturated rings. The second-order valence-electron chi connectivity index (χ2n) is 10.0. The van der Waals surface area contributed by atoms with E-state index in [1.165, 1.54) is 11.1 Å². The zero-order chi connectivity index (χ0) is 21.1. The van der Waals surface area contributed by atoms with Gasteiger partial charge in [0.25, 0.3) is 0 Å². The van der Waals surface area contributed by atoms with Gasteiger partial charge in [-0.2, -0.15) is 0 Å². The highest BCUT2D eigenvalue weighted by atomic mass is 32.2. The Hall–Kier alpha value is -1.69. The van der Waals surface area contributed by atoms with Crippen molar-refractivity contribution in [2.24, 2.45) is 22.4 Å². The lowest BCUT2D eigenvalue weighted by molar-refractivity contribution is -0.102. The van der Waals surface area contributed by atoms with Crippen LogP contribution < -0.4 is 5.14 Å². The van der Waals surface area contributed by atoms with Crippen LogP contribution in [0.2, 0.25) is 0 Å². The van der Waals surface area contributed by atoms with Crippen molar-refractivity contribution in [2.45, 2.75) is 68.3 Å². The highest BCUT2D eigenvalue weighted by Gasteiger charge is 2.61. The summed E-state index contributed by atoms with van der Waals surface area (Å²) in [5.41, 5.74) is 2.95. The molecule has 0 aromatic heterocycles. The van der Waals surface area contributed by atoms with Gasteiger partial charge in [-0.25, -0.2) is 13.6 Å². The third-order valence-electron chi connectivity index (χ3n) is 8.69. The molecule has 3 aliphatic rings. The van der Waals surface area contributed by atoms with Crippen molar-refractivity contribution in [1.82, 2.24) is 0 Å². The van der Waals surface area contributed by atoms with Crippen LogP contribution in [0.5, 0.6) is 0 Å². The van der Waals surface area contributed by atoms with E-state index < -0.39 is 15.6 Å². The molecule has 0 saturated heterocycles. The van der Waals surface area contributed by atoms with E-state index in [1.54, 1.807) is 12.1 Å². The Kier molecular flexibility index (Phi) is 4.66. The first-order valence-electron chi connectivity index (χ1n) is 11.1. The van der Waals surface area contributed by atoms with Crippen LogP contribution in [0.3, 0.4) is 0 Å². The molecule has 5 atom stereocenters. The molecule has 3 unspecified atom stereocenters. The van der Waals surface area contributed by atoms with Gasteiger partial charge in [-0.3, -0.25) is 0 Å². The Bertz CT molecular complexity index is 1070. The minimum atomic E-state index is -3.67. The Labute approximate surface area is 179 Å². The van der Waals surface area contributed by atoms with E-state index in [1.807, 2.05) is 12.1 Å². The van der Waals surface area contributed by atoms with E-state index >= 15 is 0 Å². The molecule has 0 radical (unpaired) electrons. The lowest BCUT2D eigenvalue weighted by atomic mass is 9.53. The molecule has 0 amide bonds. The molecule has 3 N–H and O–H groups in total. The van der Waals surface area contributed by atoms with E-state index in [2.05, 4.69) is 31.2 Å². The van der Waals surface area contributed by atoms with Crippen LogP contribution >= 0.6 is 0 Å². The third kappa shape index (κ3) is 3.05. The molecule has 160 valence electrons. The van der Waals surface area contributed by atoms with Crippen molar-refractivity contribution in [3.05, 3.63) is 65.2 Å². The van der Waals surface area contributed by atoms with Crippen molar-refractivity contribution in [2.75, 3.05) is 0 Å². The third-order valence-corrected chi connectivity index (χ3v) is 9.60. The van der Waals surface area contributed by atoms with Gasteiger partial charge in [0.2, 0.25) is 10.0 Å². The van der Waals surface area contributed by atoms with Crippen LogP contribution in [0.1, 0.15) is 61.6 Å². The number of sulfonamides is 1. The van der Waals surface area contributed by atoms with Gasteiger partial charge >= 0.3 is 0 Å². The smallest absolute Gasteiger partial charge is 0.238 e. The predicted molar refractivity (Wildman–Crippen MR) is 118 cm³/mol. The largest absolute Gasteiger partial charge is 0.389 e. The predicted octanol–water partition coefficient (Wildman–Crippen LogP) is 4.16. The van der Waals surface area contributed by atoms with E-state index in [0.717, 1.165) is 50.5 Å². The van der Waals surface area contributed by atoms with Gasteiger partial charge in [-0.15, -0.1) is 0 Å². The first-order valence-corrected chi connectivity index (χ1v) is 12.7. The summed E-state index contributed by atoms with van der Waals surface area (Å²) < 4.78 is 23.5. The molecule has 2 aromatic rings. The van der Waals surface area contributed by atoms with Gasteiger partial charge in [0.05, 0.1) is 10.5 Å². The number of primary sulfonamides is 1. The van der Waals surface area contributed by atoms with Gasteiger partial charge in [0.15, 0.2) is 0 Å². The maximum Gasteiger partial charge on any atom is 0.238 e. The second-order valence-corrected chi connectivity index (χ2v) is 11.6. The lowest BCUT2D eigenvalue weighted by Gasteiger charge is -2.53. The van der Waals surface area contributed by atoms with Crippen LogP contribution in [0.25, 0.3) is 0 Å². The molecule has 3 aliphatic carbocycles. The van der Waals surface area contributed by atoms with Gasteiger partial charge in [0, 0.05) is 6.42 Å². The van der Waals surface area contributed by atoms with E-state index in [4.69, 9.17) is 5.14 Å². The second kappa shape index (κ2) is 6.91. The molecule has 5 heteroatoms. The Morgan fingerprint density at radius 2 is 1.83 bits per heavy atom. The number of nitrogens with two attached hydrogens (primary N) is 1. The van der Waals surface area contributed by atoms with E-state index in [0.29, 0.717) is 17.8 Å². The number of fused-ring (bicyclic) bond motifs is 5. The summed E-state index contributed by atoms with van der Waals surface area (Å²) in [6.45, 7) is 2.32. The van der Waals surface area contributed by atoms with Crippen molar-refractivity contribution in [1.29, 1.82) is 0 Å². The van der Waals surface area contributed by atoms with Gasteiger partial charge in [-0.05, 0) is 90.5 Å². The molecule has 30 heavy (non-hydrogen) atoms. The maximum absolute atomic E-state index is 11.8. The van der Waals surface area contributed by atoms with Crippen LogP contribution in [-0.4, -0.2) is 19.1 Å². The van der Waals surface area contributed by atoms with Crippen LogP contribution in [0, 0.1) is 17.3 Å². The molecule has 0 spiro atoms. The summed E-state index contributed by atoms with van der Waals surface area (Å²) in [5.74, 6) is 1.53. The minimum Gasteiger partial charge on any atom is -0.389 e. The highest BCUT2D eigenvalue weighted by molar-refractivity contribution is 7.89. The van der Waals surface area contributed by atoms with Crippen molar-refractivity contribution in [3.8, 4) is 0 Å². The Balaban J connectivity index is 1.44. The number of hydrogen-bond donors (Lipinski definition) is 2. The summed E-state index contributed by atoms with van der Waals surface area (Å²) in [6, 6.07) is 15.8. The van der Waals surface area contributed by atoms with E-state index in [9.17, 15) is 13.5 Å². The average Bonchev–Trinajstić information content (AvgIpc) is 2.98. The summed E-state index contributed by atoms with van der Waals surface area (Å²) in [6.07, 6.45) is 6.69. The molecular formula is C25H31NO3S. The van der Waals surface area contributed by atoms with Crippen molar-refractivity contribution >= 4 is 10.0 Å². The average molecular weight is 426 g/mol. The number of aliphatic hydroxyl groups is 1. The first kappa shape index (κ1) is 20.2. The van der Waals surface area contributed by atoms with E-state index in [-0.39, 0.29) is 10.3 Å². The fourth-order valence-electron chi connectivity index (χ4n) is 7.07. The summed E-state index contributed by atoms with van der Waals surface area (Å²) in [7, 11) is -3.67.